The van der Waals surface area contributed by atoms with Gasteiger partial charge in [-0.2, -0.15) is 0 Å². The summed E-state index contributed by atoms with van der Waals surface area (Å²) in [4.78, 5) is 14.8. The molecule has 1 N–H and O–H groups in total. The zero-order valence-electron chi connectivity index (χ0n) is 13.9. The van der Waals surface area contributed by atoms with Crippen molar-refractivity contribution in [2.45, 2.75) is 26.3 Å². The molecule has 0 spiro atoms. The molecule has 6 heteroatoms. The standard InChI is InChI=1S/C18H20N2O3S/c1-12-10-15(8-9-16(12)19-24(3,22)23)18(21)20-13(2)11-14-6-4-5-7-17(14)20/h4-10,13,19H,11H2,1-3H3/t13-/m0/s1. The molecule has 5 nitrogen and oxygen atoms in total. The first-order chi connectivity index (χ1) is 11.3. The normalized spacial score (nSPS) is 16.8. The second-order valence-corrected chi connectivity index (χ2v) is 8.01. The number of nitrogens with one attached hydrogen (secondary N) is 1. The predicted octanol–water partition coefficient (Wildman–Crippen LogP) is 2.96. The van der Waals surface area contributed by atoms with Crippen LogP contribution in [0.5, 0.6) is 0 Å². The molecule has 0 unspecified atom stereocenters. The van der Waals surface area contributed by atoms with Crippen molar-refractivity contribution in [2.24, 2.45) is 0 Å². The van der Waals surface area contributed by atoms with E-state index in [1.165, 1.54) is 5.56 Å². The van der Waals surface area contributed by atoms with Crippen molar-refractivity contribution in [1.29, 1.82) is 0 Å². The van der Waals surface area contributed by atoms with Crippen LogP contribution in [-0.2, 0) is 16.4 Å². The third-order valence-electron chi connectivity index (χ3n) is 4.19. The van der Waals surface area contributed by atoms with Crippen molar-refractivity contribution in [2.75, 3.05) is 15.9 Å². The number of fused-ring (bicyclic) bond motifs is 1. The molecular formula is C18H20N2O3S. The lowest BCUT2D eigenvalue weighted by atomic mass is 10.1. The lowest BCUT2D eigenvalue weighted by Gasteiger charge is -2.23. The summed E-state index contributed by atoms with van der Waals surface area (Å²) >= 11 is 0. The largest absolute Gasteiger partial charge is 0.305 e. The number of nitrogens with zero attached hydrogens (tertiary/aromatic N) is 1. The van der Waals surface area contributed by atoms with Gasteiger partial charge >= 0.3 is 0 Å². The molecule has 0 radical (unpaired) electrons. The van der Waals surface area contributed by atoms with Crippen molar-refractivity contribution >= 4 is 27.3 Å². The van der Waals surface area contributed by atoms with Crippen molar-refractivity contribution in [1.82, 2.24) is 0 Å². The summed E-state index contributed by atoms with van der Waals surface area (Å²) in [7, 11) is -3.34. The summed E-state index contributed by atoms with van der Waals surface area (Å²) in [6.45, 7) is 3.82. The number of para-hydroxylation sites is 1. The molecule has 24 heavy (non-hydrogen) atoms. The summed E-state index contributed by atoms with van der Waals surface area (Å²) in [6.07, 6.45) is 1.95. The Kier molecular flexibility index (Phi) is 4.09. The number of benzene rings is 2. The Morgan fingerprint density at radius 3 is 2.58 bits per heavy atom. The van der Waals surface area contributed by atoms with Gasteiger partial charge in [-0.05, 0) is 55.7 Å². The minimum atomic E-state index is -3.34. The number of carbonyl (C=O) groups excluding carboxylic acids is 1. The zero-order chi connectivity index (χ0) is 17.5. The number of sulfonamides is 1. The minimum absolute atomic E-state index is 0.0681. The fraction of sp³-hybridized carbons (Fsp3) is 0.278. The Labute approximate surface area is 142 Å². The van der Waals surface area contributed by atoms with E-state index in [-0.39, 0.29) is 11.9 Å². The molecule has 0 aromatic heterocycles. The van der Waals surface area contributed by atoms with E-state index in [1.807, 2.05) is 36.1 Å². The van der Waals surface area contributed by atoms with Crippen LogP contribution in [0.3, 0.4) is 0 Å². The quantitative estimate of drug-likeness (QED) is 0.931. The van der Waals surface area contributed by atoms with Gasteiger partial charge in [-0.3, -0.25) is 9.52 Å². The SMILES string of the molecule is Cc1cc(C(=O)N2c3ccccc3C[C@@H]2C)ccc1NS(C)(=O)=O. The van der Waals surface area contributed by atoms with Gasteiger partial charge in [-0.15, -0.1) is 0 Å². The number of amides is 1. The highest BCUT2D eigenvalue weighted by Gasteiger charge is 2.31. The van der Waals surface area contributed by atoms with Crippen molar-refractivity contribution < 1.29 is 13.2 Å². The molecule has 3 rings (SSSR count). The molecule has 0 bridgehead atoms. The number of hydrogen-bond donors (Lipinski definition) is 1. The van der Waals surface area contributed by atoms with Crippen molar-refractivity contribution in [3.8, 4) is 0 Å². The molecule has 1 amide bonds. The maximum Gasteiger partial charge on any atom is 0.258 e. The predicted molar refractivity (Wildman–Crippen MR) is 96.1 cm³/mol. The smallest absolute Gasteiger partial charge is 0.258 e. The summed E-state index contributed by atoms with van der Waals surface area (Å²) < 4.78 is 25.2. The molecule has 1 aliphatic rings. The minimum Gasteiger partial charge on any atom is -0.305 e. The number of hydrogen-bond acceptors (Lipinski definition) is 3. The Balaban J connectivity index is 1.92. The molecule has 1 heterocycles. The van der Waals surface area contributed by atoms with Crippen LogP contribution in [0.4, 0.5) is 11.4 Å². The molecule has 0 fully saturated rings. The molecule has 1 aliphatic heterocycles. The van der Waals surface area contributed by atoms with E-state index in [2.05, 4.69) is 4.72 Å². The zero-order valence-corrected chi connectivity index (χ0v) is 14.7. The lowest BCUT2D eigenvalue weighted by molar-refractivity contribution is 0.0981. The molecule has 2 aromatic carbocycles. The summed E-state index contributed by atoms with van der Waals surface area (Å²) in [5, 5.41) is 0. The number of carbonyl (C=O) groups is 1. The Hall–Kier alpha value is -2.34. The third kappa shape index (κ3) is 3.14. The fourth-order valence-electron chi connectivity index (χ4n) is 3.13. The highest BCUT2D eigenvalue weighted by molar-refractivity contribution is 7.92. The van der Waals surface area contributed by atoms with Crippen LogP contribution in [0.25, 0.3) is 0 Å². The van der Waals surface area contributed by atoms with Crippen LogP contribution in [0.2, 0.25) is 0 Å². The summed E-state index contributed by atoms with van der Waals surface area (Å²) in [5.41, 5.74) is 3.88. The van der Waals surface area contributed by atoms with Gasteiger partial charge in [-0.25, -0.2) is 8.42 Å². The topological polar surface area (TPSA) is 66.5 Å². The van der Waals surface area contributed by atoms with Gasteiger partial charge in [0.2, 0.25) is 10.0 Å². The van der Waals surface area contributed by atoms with Gasteiger partial charge in [-0.1, -0.05) is 18.2 Å². The van der Waals surface area contributed by atoms with Crippen LogP contribution in [0.1, 0.15) is 28.4 Å². The van der Waals surface area contributed by atoms with Gasteiger partial charge in [0.25, 0.3) is 5.91 Å². The van der Waals surface area contributed by atoms with Crippen molar-refractivity contribution in [3.63, 3.8) is 0 Å². The number of aryl methyl sites for hydroxylation is 1. The molecular weight excluding hydrogens is 324 g/mol. The lowest BCUT2D eigenvalue weighted by Crippen LogP contribution is -2.35. The fourth-order valence-corrected chi connectivity index (χ4v) is 3.75. The molecule has 0 saturated carbocycles. The molecule has 126 valence electrons. The van der Waals surface area contributed by atoms with E-state index in [0.29, 0.717) is 16.8 Å². The van der Waals surface area contributed by atoms with Gasteiger partial charge in [0.1, 0.15) is 0 Å². The second kappa shape index (κ2) is 5.94. The van der Waals surface area contributed by atoms with Gasteiger partial charge in [0.05, 0.1) is 11.9 Å². The number of rotatable bonds is 3. The van der Waals surface area contributed by atoms with Crippen LogP contribution in [0.15, 0.2) is 42.5 Å². The van der Waals surface area contributed by atoms with E-state index < -0.39 is 10.0 Å². The van der Waals surface area contributed by atoms with Gasteiger partial charge in [0, 0.05) is 17.3 Å². The Morgan fingerprint density at radius 1 is 1.21 bits per heavy atom. The average molecular weight is 344 g/mol. The van der Waals surface area contributed by atoms with Crippen LogP contribution < -0.4 is 9.62 Å². The highest BCUT2D eigenvalue weighted by Crippen LogP contribution is 2.33. The average Bonchev–Trinajstić information content (AvgIpc) is 2.83. The molecule has 0 saturated heterocycles. The van der Waals surface area contributed by atoms with Crippen LogP contribution >= 0.6 is 0 Å². The van der Waals surface area contributed by atoms with E-state index in [9.17, 15) is 13.2 Å². The highest BCUT2D eigenvalue weighted by atomic mass is 32.2. The van der Waals surface area contributed by atoms with Gasteiger partial charge in [0.15, 0.2) is 0 Å². The third-order valence-corrected chi connectivity index (χ3v) is 4.79. The van der Waals surface area contributed by atoms with E-state index in [1.54, 1.807) is 25.1 Å². The van der Waals surface area contributed by atoms with Crippen molar-refractivity contribution in [3.05, 3.63) is 59.2 Å². The first-order valence-electron chi connectivity index (χ1n) is 7.76. The van der Waals surface area contributed by atoms with Crippen LogP contribution in [-0.4, -0.2) is 26.6 Å². The first kappa shape index (κ1) is 16.5. The van der Waals surface area contributed by atoms with E-state index >= 15 is 0 Å². The summed E-state index contributed by atoms with van der Waals surface area (Å²) in [5.74, 6) is -0.0681. The van der Waals surface area contributed by atoms with Gasteiger partial charge < -0.3 is 4.90 Å². The summed E-state index contributed by atoms with van der Waals surface area (Å²) in [6, 6.07) is 13.0. The Morgan fingerprint density at radius 2 is 1.92 bits per heavy atom. The molecule has 2 aromatic rings. The van der Waals surface area contributed by atoms with E-state index in [4.69, 9.17) is 0 Å². The van der Waals surface area contributed by atoms with Crippen LogP contribution in [0, 0.1) is 6.92 Å². The maximum atomic E-state index is 13.0. The maximum absolute atomic E-state index is 13.0. The number of anilines is 2. The molecule has 0 aliphatic carbocycles. The Bertz CT molecular complexity index is 906. The first-order valence-corrected chi connectivity index (χ1v) is 9.65. The monoisotopic (exact) mass is 344 g/mol. The van der Waals surface area contributed by atoms with E-state index in [0.717, 1.165) is 18.4 Å². The second-order valence-electron chi connectivity index (χ2n) is 6.26. The molecule has 1 atom stereocenters.